The van der Waals surface area contributed by atoms with Crippen LogP contribution in [0.3, 0.4) is 0 Å². The maximum absolute atomic E-state index is 14.3. The number of fused-ring (bicyclic) bond motifs is 6. The Morgan fingerprint density at radius 1 is 0.768 bits per heavy atom. The van der Waals surface area contributed by atoms with Gasteiger partial charge in [0.1, 0.15) is 36.3 Å². The molecule has 0 saturated carbocycles. The Bertz CT molecular complexity index is 1510. The number of hydrogen-bond donors (Lipinski definition) is 0. The van der Waals surface area contributed by atoms with Gasteiger partial charge in [0.25, 0.3) is 0 Å². The molecule has 1 spiro atoms. The first-order valence-corrected chi connectivity index (χ1v) is 22.0. The molecule has 11 aliphatic rings. The number of methoxy groups -OCH3 is 2. The Morgan fingerprint density at radius 2 is 1.52 bits per heavy atom. The number of hydrogen-bond acceptors (Lipinski definition) is 12. The summed E-state index contributed by atoms with van der Waals surface area (Å²) in [6.45, 7) is 15.5. The maximum atomic E-state index is 14.3. The summed E-state index contributed by atoms with van der Waals surface area (Å²) in [7, 11) is 3.54. The third-order valence-electron chi connectivity index (χ3n) is 15.5. The predicted octanol–water partition coefficient (Wildman–Crippen LogP) is 4.84. The third-order valence-corrected chi connectivity index (χ3v) is 15.5. The van der Waals surface area contributed by atoms with E-state index in [2.05, 4.69) is 31.9 Å². The van der Waals surface area contributed by atoms with E-state index in [4.69, 9.17) is 47.4 Å². The number of rotatable bonds is 6. The van der Waals surface area contributed by atoms with E-state index in [1.54, 1.807) is 14.2 Å². The van der Waals surface area contributed by atoms with Gasteiger partial charge < -0.3 is 47.4 Å². The Balaban J connectivity index is 0.920. The van der Waals surface area contributed by atoms with Crippen molar-refractivity contribution in [3.05, 3.63) is 24.3 Å². The highest BCUT2D eigenvalue weighted by molar-refractivity contribution is 5.79. The zero-order chi connectivity index (χ0) is 38.5. The molecule has 0 amide bonds. The second-order valence-corrected chi connectivity index (χ2v) is 19.2. The van der Waals surface area contributed by atoms with E-state index in [9.17, 15) is 4.79 Å². The molecule has 11 saturated heterocycles. The molecule has 0 aromatic heterocycles. The number of Topliss-reactive ketones (excluding diaryl/α,β-unsaturated/α-hetero) is 1. The zero-order valence-electron chi connectivity index (χ0n) is 33.9. The molecule has 11 heterocycles. The van der Waals surface area contributed by atoms with Gasteiger partial charge in [-0.15, -0.1) is 0 Å². The minimum Gasteiger partial charge on any atom is -0.380 e. The lowest BCUT2D eigenvalue weighted by molar-refractivity contribution is -0.292. The van der Waals surface area contributed by atoms with Gasteiger partial charge in [0.05, 0.1) is 67.1 Å². The molecule has 11 fully saturated rings. The lowest BCUT2D eigenvalue weighted by Gasteiger charge is -2.47. The fourth-order valence-electron chi connectivity index (χ4n) is 12.2. The van der Waals surface area contributed by atoms with Crippen LogP contribution < -0.4 is 0 Å². The molecule has 312 valence electrons. The van der Waals surface area contributed by atoms with Crippen LogP contribution in [0.4, 0.5) is 0 Å². The van der Waals surface area contributed by atoms with Crippen molar-refractivity contribution >= 4 is 5.78 Å². The van der Waals surface area contributed by atoms with Crippen LogP contribution in [-0.2, 0) is 52.2 Å². The van der Waals surface area contributed by atoms with Gasteiger partial charge in [0.15, 0.2) is 5.79 Å². The van der Waals surface area contributed by atoms with Gasteiger partial charge in [-0.1, -0.05) is 20.1 Å². The van der Waals surface area contributed by atoms with E-state index in [0.717, 1.165) is 69.2 Å². The van der Waals surface area contributed by atoms with Gasteiger partial charge in [-0.3, -0.25) is 9.69 Å². The van der Waals surface area contributed by atoms with Crippen LogP contribution in [0, 0.1) is 11.8 Å². The molecule has 12 bridgehead atoms. The molecule has 0 aromatic rings. The normalized spacial score (nSPS) is 53.1. The number of carbonyl (C=O) groups excluding carboxylic acids is 1. The molecule has 0 aromatic carbocycles. The fraction of sp³-hybridized carbons (Fsp3) is 0.886. The van der Waals surface area contributed by atoms with Crippen LogP contribution in [0.25, 0.3) is 0 Å². The minimum absolute atomic E-state index is 0.00249. The standard InChI is InChI=1S/C44H65NO11/c1-22-13-27-7-9-32-23(2)14-29(49-32)11-12-44-19-37-40(55-44)41-42(54-37)43(56-44)39-33(53-41)10-8-28(51-39)15-26(46)16-31-35(18-34(50-27)25(22)4)52-36(38(31)48-6)17-30(47-5)21-45-20-24(45)3/h22,24,27-43H,2,4,7-21H2,1,3,5-6H3/t22-,24?,27+,28-,29+,30+,31+,32+,33+,34-,35+,36-,37-,38-,39+,40+,41+,42-,43+,44+,45?/m1/s1. The van der Waals surface area contributed by atoms with Crippen molar-refractivity contribution in [1.29, 1.82) is 0 Å². The molecule has 0 radical (unpaired) electrons. The third kappa shape index (κ3) is 7.22. The van der Waals surface area contributed by atoms with Crippen LogP contribution in [0.15, 0.2) is 24.3 Å². The highest BCUT2D eigenvalue weighted by Crippen LogP contribution is 2.54. The summed E-state index contributed by atoms with van der Waals surface area (Å²) in [5, 5.41) is 0. The molecule has 2 unspecified atom stereocenters. The topological polar surface area (TPSA) is 112 Å². The first-order valence-electron chi connectivity index (χ1n) is 22.0. The fourth-order valence-corrected chi connectivity index (χ4v) is 12.2. The molecule has 0 aliphatic carbocycles. The lowest BCUT2D eigenvalue weighted by Crippen LogP contribution is -2.61. The van der Waals surface area contributed by atoms with Crippen molar-refractivity contribution in [1.82, 2.24) is 4.90 Å². The largest absolute Gasteiger partial charge is 0.380 e. The van der Waals surface area contributed by atoms with Crippen LogP contribution in [-0.4, -0.2) is 147 Å². The average molecular weight is 784 g/mol. The molecule has 11 rings (SSSR count). The van der Waals surface area contributed by atoms with E-state index in [-0.39, 0.29) is 109 Å². The number of carbonyl (C=O) groups is 1. The van der Waals surface area contributed by atoms with Crippen LogP contribution in [0.5, 0.6) is 0 Å². The van der Waals surface area contributed by atoms with E-state index in [1.807, 2.05) is 0 Å². The van der Waals surface area contributed by atoms with Crippen molar-refractivity contribution in [2.45, 2.75) is 207 Å². The molecular weight excluding hydrogens is 718 g/mol. The highest BCUT2D eigenvalue weighted by atomic mass is 16.8. The van der Waals surface area contributed by atoms with Crippen molar-refractivity contribution in [3.8, 4) is 0 Å². The Kier molecular flexibility index (Phi) is 10.6. The number of nitrogens with zero attached hydrogens (tertiary/aromatic N) is 1. The summed E-state index contributed by atoms with van der Waals surface area (Å²) >= 11 is 0. The van der Waals surface area contributed by atoms with Crippen molar-refractivity contribution in [2.75, 3.05) is 27.3 Å². The van der Waals surface area contributed by atoms with Crippen LogP contribution in [0.1, 0.15) is 97.3 Å². The first-order chi connectivity index (χ1) is 27.1. The van der Waals surface area contributed by atoms with Gasteiger partial charge in [0.2, 0.25) is 0 Å². The van der Waals surface area contributed by atoms with Crippen LogP contribution >= 0.6 is 0 Å². The van der Waals surface area contributed by atoms with E-state index >= 15 is 0 Å². The molecule has 0 N–H and O–H groups in total. The van der Waals surface area contributed by atoms with Crippen molar-refractivity contribution < 1.29 is 52.2 Å². The molecular formula is C44H65NO11. The number of ketones is 1. The summed E-state index contributed by atoms with van der Waals surface area (Å²) in [6, 6.07) is 0.584. The quantitative estimate of drug-likeness (QED) is 0.272. The summed E-state index contributed by atoms with van der Waals surface area (Å²) in [6.07, 6.45) is 6.99. The van der Waals surface area contributed by atoms with Crippen LogP contribution in [0.2, 0.25) is 0 Å². The maximum Gasteiger partial charge on any atom is 0.172 e. The number of ether oxygens (including phenoxy) is 10. The predicted molar refractivity (Wildman–Crippen MR) is 203 cm³/mol. The SMILES string of the molecule is C=C1C[C@@H]2CC[C@@]34C[C@H]5O[C@H]6[C@@H](O3)[C@H]3O[C@H](CC[C@@H]3O[C@H]6[C@H]5O4)CC(=O)C[C@@H]3[C@@H](OC)[C@@H](C[C@@H](CN4CC4C)OC)O[C@H]3C[C@H]3O[C@@H](CC[C@@H]1O2)C[C@@H](C)C3=C. The monoisotopic (exact) mass is 783 g/mol. The smallest absolute Gasteiger partial charge is 0.172 e. The Hall–Kier alpha value is -1.29. The van der Waals surface area contributed by atoms with Gasteiger partial charge in [0, 0.05) is 77.8 Å². The highest BCUT2D eigenvalue weighted by Gasteiger charge is 2.68. The van der Waals surface area contributed by atoms with E-state index in [1.165, 1.54) is 0 Å². The van der Waals surface area contributed by atoms with Gasteiger partial charge in [-0.05, 0) is 68.9 Å². The summed E-state index contributed by atoms with van der Waals surface area (Å²) in [5.41, 5.74) is 2.27. The van der Waals surface area contributed by atoms with Crippen molar-refractivity contribution in [2.24, 2.45) is 11.8 Å². The van der Waals surface area contributed by atoms with E-state index in [0.29, 0.717) is 50.5 Å². The molecule has 11 aliphatic heterocycles. The van der Waals surface area contributed by atoms with Gasteiger partial charge >= 0.3 is 0 Å². The van der Waals surface area contributed by atoms with Gasteiger partial charge in [-0.2, -0.15) is 0 Å². The first kappa shape index (κ1) is 38.9. The average Bonchev–Trinajstić information content (AvgIpc) is 3.37. The van der Waals surface area contributed by atoms with Gasteiger partial charge in [-0.25, -0.2) is 0 Å². The summed E-state index contributed by atoms with van der Waals surface area (Å²) < 4.78 is 67.0. The molecule has 21 atom stereocenters. The summed E-state index contributed by atoms with van der Waals surface area (Å²) in [4.78, 5) is 16.7. The second-order valence-electron chi connectivity index (χ2n) is 19.2. The van der Waals surface area contributed by atoms with Crippen molar-refractivity contribution in [3.63, 3.8) is 0 Å². The van der Waals surface area contributed by atoms with E-state index < -0.39 is 5.79 Å². The lowest BCUT2D eigenvalue weighted by atomic mass is 9.81. The second kappa shape index (κ2) is 15.3. The molecule has 12 heteroatoms. The molecule has 12 nitrogen and oxygen atoms in total. The summed E-state index contributed by atoms with van der Waals surface area (Å²) in [5.74, 6) is -0.428. The Morgan fingerprint density at radius 3 is 2.32 bits per heavy atom. The Labute approximate surface area is 332 Å². The zero-order valence-corrected chi connectivity index (χ0v) is 33.9. The molecule has 56 heavy (non-hydrogen) atoms. The minimum atomic E-state index is -0.767.